The second-order valence-corrected chi connectivity index (χ2v) is 5.03. The number of esters is 1. The summed E-state index contributed by atoms with van der Waals surface area (Å²) in [6.07, 6.45) is 7.62. The predicted molar refractivity (Wildman–Crippen MR) is 77.6 cm³/mol. The molecule has 0 unspecified atom stereocenters. The molecule has 1 aliphatic rings. The van der Waals surface area contributed by atoms with Crippen molar-refractivity contribution in [3.63, 3.8) is 0 Å². The van der Waals surface area contributed by atoms with Gasteiger partial charge in [-0.15, -0.1) is 0 Å². The number of carbonyl (C=O) groups excluding carboxylic acids is 1. The Morgan fingerprint density at radius 1 is 1.26 bits per heavy atom. The van der Waals surface area contributed by atoms with Crippen LogP contribution in [0, 0.1) is 5.92 Å². The molecule has 0 N–H and O–H groups in total. The molecular formula is C17H22O2. The minimum atomic E-state index is -0.0495. The maximum absolute atomic E-state index is 12.1. The summed E-state index contributed by atoms with van der Waals surface area (Å²) in [5.41, 5.74) is 2.41. The van der Waals surface area contributed by atoms with E-state index in [1.165, 1.54) is 24.0 Å². The molecule has 1 atom stereocenters. The smallest absolute Gasteiger partial charge is 0.313 e. The quantitative estimate of drug-likeness (QED) is 0.599. The van der Waals surface area contributed by atoms with Crippen LogP contribution in [0.4, 0.5) is 0 Å². The number of benzene rings is 1. The minimum Gasteiger partial charge on any atom is -0.466 e. The number of rotatable bonds is 3. The van der Waals surface area contributed by atoms with E-state index in [0.717, 1.165) is 19.3 Å². The average molecular weight is 258 g/mol. The highest BCUT2D eigenvalue weighted by atomic mass is 16.5. The zero-order valence-electron chi connectivity index (χ0n) is 11.6. The molecular weight excluding hydrogens is 236 g/mol. The average Bonchev–Trinajstić information content (AvgIpc) is 2.66. The molecule has 1 aromatic carbocycles. The van der Waals surface area contributed by atoms with E-state index in [1.54, 1.807) is 0 Å². The van der Waals surface area contributed by atoms with Crippen molar-refractivity contribution in [1.82, 2.24) is 0 Å². The first-order chi connectivity index (χ1) is 9.31. The molecule has 1 aromatic rings. The van der Waals surface area contributed by atoms with Gasteiger partial charge in [-0.2, -0.15) is 0 Å². The van der Waals surface area contributed by atoms with Crippen molar-refractivity contribution in [3.8, 4) is 0 Å². The van der Waals surface area contributed by atoms with Crippen LogP contribution >= 0.6 is 0 Å². The van der Waals surface area contributed by atoms with Crippen molar-refractivity contribution < 1.29 is 9.53 Å². The van der Waals surface area contributed by atoms with Gasteiger partial charge >= 0.3 is 5.97 Å². The van der Waals surface area contributed by atoms with Crippen LogP contribution in [-0.2, 0) is 9.53 Å². The fraction of sp³-hybridized carbons (Fsp3) is 0.471. The third kappa shape index (κ3) is 3.95. The number of carbonyl (C=O) groups is 1. The molecule has 19 heavy (non-hydrogen) atoms. The first-order valence-electron chi connectivity index (χ1n) is 7.23. The van der Waals surface area contributed by atoms with Gasteiger partial charge < -0.3 is 4.74 Å². The highest BCUT2D eigenvalue weighted by Crippen LogP contribution is 2.30. The SMILES string of the molecule is CCOC(=O)[C@H]1CCCCC/C1=C\c1ccccc1. The summed E-state index contributed by atoms with van der Waals surface area (Å²) >= 11 is 0. The zero-order chi connectivity index (χ0) is 13.5. The van der Waals surface area contributed by atoms with Gasteiger partial charge in [-0.3, -0.25) is 4.79 Å². The van der Waals surface area contributed by atoms with Crippen molar-refractivity contribution in [2.45, 2.75) is 39.0 Å². The Kier molecular flexibility index (Phi) is 5.20. The Morgan fingerprint density at radius 2 is 2.05 bits per heavy atom. The maximum atomic E-state index is 12.1. The predicted octanol–water partition coefficient (Wildman–Crippen LogP) is 4.21. The van der Waals surface area contributed by atoms with Gasteiger partial charge in [0.1, 0.15) is 0 Å². The monoisotopic (exact) mass is 258 g/mol. The van der Waals surface area contributed by atoms with Crippen LogP contribution in [0.2, 0.25) is 0 Å². The van der Waals surface area contributed by atoms with E-state index in [0.29, 0.717) is 6.61 Å². The van der Waals surface area contributed by atoms with E-state index >= 15 is 0 Å². The van der Waals surface area contributed by atoms with Gasteiger partial charge in [0.2, 0.25) is 0 Å². The summed E-state index contributed by atoms with van der Waals surface area (Å²) in [5, 5.41) is 0. The fourth-order valence-corrected chi connectivity index (χ4v) is 2.66. The van der Waals surface area contributed by atoms with Crippen LogP contribution in [0.1, 0.15) is 44.6 Å². The van der Waals surface area contributed by atoms with E-state index in [-0.39, 0.29) is 11.9 Å². The van der Waals surface area contributed by atoms with Crippen LogP contribution in [0.25, 0.3) is 6.08 Å². The standard InChI is InChI=1S/C17H22O2/c1-2-19-17(18)16-12-8-4-7-11-15(16)13-14-9-5-3-6-10-14/h3,5-6,9-10,13,16H,2,4,7-8,11-12H2,1H3/b15-13+/t16-/m0/s1. The van der Waals surface area contributed by atoms with Crippen LogP contribution in [0.15, 0.2) is 35.9 Å². The topological polar surface area (TPSA) is 26.3 Å². The maximum Gasteiger partial charge on any atom is 0.313 e. The summed E-state index contributed by atoms with van der Waals surface area (Å²) in [5.74, 6) is -0.0887. The third-order valence-electron chi connectivity index (χ3n) is 3.63. The molecule has 0 heterocycles. The van der Waals surface area contributed by atoms with Crippen molar-refractivity contribution in [3.05, 3.63) is 41.5 Å². The lowest BCUT2D eigenvalue weighted by atomic mass is 9.92. The summed E-state index contributed by atoms with van der Waals surface area (Å²) in [7, 11) is 0. The van der Waals surface area contributed by atoms with Gasteiger partial charge in [-0.05, 0) is 31.7 Å². The highest BCUT2D eigenvalue weighted by molar-refractivity contribution is 5.78. The molecule has 102 valence electrons. The third-order valence-corrected chi connectivity index (χ3v) is 3.63. The van der Waals surface area contributed by atoms with E-state index in [1.807, 2.05) is 25.1 Å². The number of hydrogen-bond acceptors (Lipinski definition) is 2. The molecule has 2 heteroatoms. The van der Waals surface area contributed by atoms with Crippen molar-refractivity contribution >= 4 is 12.0 Å². The lowest BCUT2D eigenvalue weighted by molar-refractivity contribution is -0.146. The molecule has 1 saturated carbocycles. The Bertz CT molecular complexity index is 434. The minimum absolute atomic E-state index is 0.0392. The van der Waals surface area contributed by atoms with E-state index in [2.05, 4.69) is 18.2 Å². The molecule has 2 nitrogen and oxygen atoms in total. The molecule has 1 fully saturated rings. The van der Waals surface area contributed by atoms with Crippen LogP contribution < -0.4 is 0 Å². The molecule has 0 aromatic heterocycles. The Morgan fingerprint density at radius 3 is 2.79 bits per heavy atom. The second kappa shape index (κ2) is 7.13. The molecule has 0 spiro atoms. The molecule has 0 saturated heterocycles. The largest absolute Gasteiger partial charge is 0.466 e. The molecule has 0 amide bonds. The Labute approximate surface area is 115 Å². The van der Waals surface area contributed by atoms with Gasteiger partial charge in [-0.1, -0.05) is 54.8 Å². The lowest BCUT2D eigenvalue weighted by Gasteiger charge is -2.16. The van der Waals surface area contributed by atoms with E-state index in [9.17, 15) is 4.79 Å². The van der Waals surface area contributed by atoms with Crippen molar-refractivity contribution in [2.24, 2.45) is 5.92 Å². The molecule has 0 radical (unpaired) electrons. The molecule has 0 bridgehead atoms. The fourth-order valence-electron chi connectivity index (χ4n) is 2.66. The second-order valence-electron chi connectivity index (χ2n) is 5.03. The van der Waals surface area contributed by atoms with Crippen molar-refractivity contribution in [1.29, 1.82) is 0 Å². The normalized spacial score (nSPS) is 21.9. The summed E-state index contributed by atoms with van der Waals surface area (Å²) < 4.78 is 5.23. The van der Waals surface area contributed by atoms with Crippen molar-refractivity contribution in [2.75, 3.05) is 6.61 Å². The van der Waals surface area contributed by atoms with Gasteiger partial charge in [0.05, 0.1) is 12.5 Å². The first-order valence-corrected chi connectivity index (χ1v) is 7.23. The lowest BCUT2D eigenvalue weighted by Crippen LogP contribution is -2.19. The van der Waals surface area contributed by atoms with E-state index < -0.39 is 0 Å². The number of hydrogen-bond donors (Lipinski definition) is 0. The summed E-state index contributed by atoms with van der Waals surface area (Å²) in [6, 6.07) is 10.2. The highest BCUT2D eigenvalue weighted by Gasteiger charge is 2.25. The molecule has 2 rings (SSSR count). The summed E-state index contributed by atoms with van der Waals surface area (Å²) in [4.78, 5) is 12.1. The van der Waals surface area contributed by atoms with Gasteiger partial charge in [-0.25, -0.2) is 0 Å². The Balaban J connectivity index is 2.22. The Hall–Kier alpha value is -1.57. The van der Waals surface area contributed by atoms with Gasteiger partial charge in [0, 0.05) is 0 Å². The first kappa shape index (κ1) is 13.9. The zero-order valence-corrected chi connectivity index (χ0v) is 11.6. The number of ether oxygens (including phenoxy) is 1. The van der Waals surface area contributed by atoms with Crippen LogP contribution in [0.5, 0.6) is 0 Å². The van der Waals surface area contributed by atoms with E-state index in [4.69, 9.17) is 4.74 Å². The van der Waals surface area contributed by atoms with Gasteiger partial charge in [0.15, 0.2) is 0 Å². The molecule has 0 aliphatic heterocycles. The van der Waals surface area contributed by atoms with Crippen LogP contribution in [0.3, 0.4) is 0 Å². The van der Waals surface area contributed by atoms with Crippen LogP contribution in [-0.4, -0.2) is 12.6 Å². The molecule has 1 aliphatic carbocycles. The van der Waals surface area contributed by atoms with Gasteiger partial charge in [0.25, 0.3) is 0 Å². The summed E-state index contributed by atoms with van der Waals surface area (Å²) in [6.45, 7) is 2.34.